The molecule has 2 aromatic rings. The van der Waals surface area contributed by atoms with Gasteiger partial charge in [0.1, 0.15) is 21.2 Å². The predicted molar refractivity (Wildman–Crippen MR) is 130 cm³/mol. The average Bonchev–Trinajstić information content (AvgIpc) is 3.55. The van der Waals surface area contributed by atoms with Gasteiger partial charge in [0, 0.05) is 30.5 Å². The molecule has 1 aromatic carbocycles. The van der Waals surface area contributed by atoms with E-state index in [-0.39, 0.29) is 17.5 Å². The van der Waals surface area contributed by atoms with Crippen molar-refractivity contribution in [2.45, 2.75) is 68.4 Å². The molecule has 2 fully saturated rings. The molecule has 2 N–H and O–H groups in total. The molecule has 33 heavy (non-hydrogen) atoms. The zero-order chi connectivity index (χ0) is 23.0. The van der Waals surface area contributed by atoms with Crippen LogP contribution in [0.25, 0.3) is 11.1 Å². The van der Waals surface area contributed by atoms with Crippen LogP contribution in [0.5, 0.6) is 0 Å². The van der Waals surface area contributed by atoms with Crippen molar-refractivity contribution in [2.24, 2.45) is 22.1 Å². The Morgan fingerprint density at radius 3 is 2.61 bits per heavy atom. The van der Waals surface area contributed by atoms with E-state index in [2.05, 4.69) is 36.2 Å². The van der Waals surface area contributed by atoms with E-state index >= 15 is 0 Å². The van der Waals surface area contributed by atoms with E-state index in [4.69, 9.17) is 35.9 Å². The summed E-state index contributed by atoms with van der Waals surface area (Å²) in [6.07, 6.45) is 10.2. The number of pyridine rings is 1. The second kappa shape index (κ2) is 7.11. The molecule has 3 aliphatic carbocycles. The summed E-state index contributed by atoms with van der Waals surface area (Å²) in [6.45, 7) is 2.24. The number of nitrogens with zero attached hydrogens (tertiary/aromatic N) is 2. The van der Waals surface area contributed by atoms with Crippen LogP contribution in [0.15, 0.2) is 41.7 Å². The van der Waals surface area contributed by atoms with Gasteiger partial charge in [-0.25, -0.2) is 4.99 Å². The van der Waals surface area contributed by atoms with Crippen molar-refractivity contribution >= 4 is 21.7 Å². The SMILES string of the molecule is [B]C1([B])OC(N)=N[C@]12c1cc(-c3cncc(C4CC4)c3)ccc1C[C@@]21CC[C@H](OC)[C@@H](C)C1. The van der Waals surface area contributed by atoms with Crippen LogP contribution in [0.4, 0.5) is 0 Å². The third-order valence-electron chi connectivity index (χ3n) is 8.61. The largest absolute Gasteiger partial charge is 0.476 e. The van der Waals surface area contributed by atoms with Gasteiger partial charge in [0.25, 0.3) is 6.02 Å². The van der Waals surface area contributed by atoms with E-state index in [9.17, 15) is 0 Å². The number of ether oxygens (including phenoxy) is 2. The Kier molecular flexibility index (Phi) is 4.59. The molecule has 1 aromatic heterocycles. The first-order chi connectivity index (χ1) is 15.8. The molecular weight excluding hydrogens is 408 g/mol. The van der Waals surface area contributed by atoms with Crippen LogP contribution < -0.4 is 5.73 Å². The van der Waals surface area contributed by atoms with Crippen LogP contribution in [0.2, 0.25) is 0 Å². The summed E-state index contributed by atoms with van der Waals surface area (Å²) in [7, 11) is 15.2. The molecular formula is C26H29B2N3O2. The molecule has 2 spiro atoms. The Morgan fingerprint density at radius 2 is 1.94 bits per heavy atom. The van der Waals surface area contributed by atoms with Gasteiger partial charge < -0.3 is 15.2 Å². The number of fused-ring (bicyclic) bond motifs is 3. The smallest absolute Gasteiger partial charge is 0.281 e. The fraction of sp³-hybridized carbons (Fsp3) is 0.538. The Balaban J connectivity index is 1.50. The average molecular weight is 437 g/mol. The van der Waals surface area contributed by atoms with Crippen LogP contribution in [-0.2, 0) is 21.4 Å². The number of hydrogen-bond donors (Lipinski definition) is 1. The van der Waals surface area contributed by atoms with E-state index in [0.717, 1.165) is 42.4 Å². The Morgan fingerprint density at radius 1 is 1.12 bits per heavy atom. The lowest BCUT2D eigenvalue weighted by molar-refractivity contribution is -0.0559. The van der Waals surface area contributed by atoms with E-state index in [1.54, 1.807) is 7.11 Å². The van der Waals surface area contributed by atoms with E-state index in [1.807, 2.05) is 12.4 Å². The topological polar surface area (TPSA) is 69.7 Å². The van der Waals surface area contributed by atoms with Gasteiger partial charge in [-0.1, -0.05) is 19.1 Å². The Labute approximate surface area is 198 Å². The monoisotopic (exact) mass is 437 g/mol. The number of benzene rings is 1. The number of hydrogen-bond acceptors (Lipinski definition) is 5. The van der Waals surface area contributed by atoms with Crippen molar-refractivity contribution in [3.63, 3.8) is 0 Å². The van der Waals surface area contributed by atoms with Crippen LogP contribution in [0.3, 0.4) is 0 Å². The van der Waals surface area contributed by atoms with Gasteiger partial charge in [-0.2, -0.15) is 0 Å². The fourth-order valence-corrected chi connectivity index (χ4v) is 7.00. The normalized spacial score (nSPS) is 34.3. The third kappa shape index (κ3) is 2.97. The molecule has 2 saturated carbocycles. The van der Waals surface area contributed by atoms with E-state index in [1.165, 1.54) is 24.0 Å². The molecule has 0 saturated heterocycles. The molecule has 1 aliphatic heterocycles. The molecule has 4 radical (unpaired) electrons. The maximum atomic E-state index is 6.72. The lowest BCUT2D eigenvalue weighted by atomic mass is 9.44. The van der Waals surface area contributed by atoms with Gasteiger partial charge in [-0.05, 0) is 84.7 Å². The second-order valence-corrected chi connectivity index (χ2v) is 10.7. The standard InChI is InChI=1S/C26H29B2N3O2/c1-15-11-24(8-7-22(15)32-2)12-18-6-5-17(20-9-19(13-30-14-20)16-3-4-16)10-21(18)25(24)26(27,28)33-23(29)31-25/h5-6,9-10,13-16,22H,3-4,7-8,11-12H2,1-2H3,(H2,29,31)/t15-,22-,24-,25-/m0/s1. The van der Waals surface area contributed by atoms with Crippen molar-refractivity contribution in [1.29, 1.82) is 0 Å². The number of aliphatic imine (C=N–C) groups is 1. The van der Waals surface area contributed by atoms with Crippen LogP contribution in [-0.4, -0.2) is 45.3 Å². The predicted octanol–water partition coefficient (Wildman–Crippen LogP) is 3.53. The Bertz CT molecular complexity index is 1150. The quantitative estimate of drug-likeness (QED) is 0.747. The number of rotatable bonds is 3. The molecule has 0 amide bonds. The van der Waals surface area contributed by atoms with Gasteiger partial charge in [0.2, 0.25) is 0 Å². The second-order valence-electron chi connectivity index (χ2n) is 10.7. The highest BCUT2D eigenvalue weighted by molar-refractivity contribution is 6.41. The number of nitrogens with two attached hydrogens (primary N) is 1. The summed E-state index contributed by atoms with van der Waals surface area (Å²) < 4.78 is 11.6. The van der Waals surface area contributed by atoms with Crippen LogP contribution >= 0.6 is 0 Å². The maximum absolute atomic E-state index is 6.72. The summed E-state index contributed by atoms with van der Waals surface area (Å²) in [5, 5.41) is -1.52. The van der Waals surface area contributed by atoms with Crippen molar-refractivity contribution in [3.05, 3.63) is 53.3 Å². The lowest BCUT2D eigenvalue weighted by Gasteiger charge is -2.53. The molecule has 0 bridgehead atoms. The highest BCUT2D eigenvalue weighted by atomic mass is 16.5. The highest BCUT2D eigenvalue weighted by Crippen LogP contribution is 2.65. The summed E-state index contributed by atoms with van der Waals surface area (Å²) in [5.41, 5.74) is 10.7. The number of methoxy groups -OCH3 is 1. The van der Waals surface area contributed by atoms with Gasteiger partial charge in [0.15, 0.2) is 0 Å². The Hall–Kier alpha value is -2.27. The molecule has 4 atom stereocenters. The minimum absolute atomic E-state index is 0.0662. The maximum Gasteiger partial charge on any atom is 0.281 e. The molecule has 166 valence electrons. The molecule has 2 heterocycles. The van der Waals surface area contributed by atoms with Crippen molar-refractivity contribution in [2.75, 3.05) is 7.11 Å². The third-order valence-corrected chi connectivity index (χ3v) is 8.61. The fourth-order valence-electron chi connectivity index (χ4n) is 7.00. The van der Waals surface area contributed by atoms with Crippen molar-refractivity contribution in [1.82, 2.24) is 4.98 Å². The first kappa shape index (κ1) is 21.3. The summed E-state index contributed by atoms with van der Waals surface area (Å²) in [4.78, 5) is 9.45. The van der Waals surface area contributed by atoms with Gasteiger partial charge >= 0.3 is 0 Å². The number of amidine groups is 1. The molecule has 5 nitrogen and oxygen atoms in total. The minimum atomic E-state index is -1.52. The lowest BCUT2D eigenvalue weighted by Crippen LogP contribution is -2.60. The summed E-state index contributed by atoms with van der Waals surface area (Å²) in [6, 6.07) is 8.91. The molecule has 0 unspecified atom stereocenters. The van der Waals surface area contributed by atoms with Crippen molar-refractivity contribution in [3.8, 4) is 11.1 Å². The molecule has 4 aliphatic rings. The van der Waals surface area contributed by atoms with Crippen LogP contribution in [0.1, 0.15) is 61.6 Å². The van der Waals surface area contributed by atoms with Gasteiger partial charge in [-0.3, -0.25) is 4.98 Å². The summed E-state index contributed by atoms with van der Waals surface area (Å²) in [5.74, 6) is 0.994. The van der Waals surface area contributed by atoms with E-state index < -0.39 is 10.9 Å². The van der Waals surface area contributed by atoms with Crippen LogP contribution in [0, 0.1) is 11.3 Å². The van der Waals surface area contributed by atoms with Gasteiger partial charge in [-0.15, -0.1) is 0 Å². The summed E-state index contributed by atoms with van der Waals surface area (Å²) >= 11 is 0. The van der Waals surface area contributed by atoms with Crippen molar-refractivity contribution < 1.29 is 9.47 Å². The minimum Gasteiger partial charge on any atom is -0.476 e. The highest BCUT2D eigenvalue weighted by Gasteiger charge is 2.68. The molecule has 6 rings (SSSR count). The molecule has 7 heteroatoms. The first-order valence-corrected chi connectivity index (χ1v) is 12.0. The van der Waals surface area contributed by atoms with E-state index in [0.29, 0.717) is 11.8 Å². The first-order valence-electron chi connectivity index (χ1n) is 12.0. The zero-order valence-corrected chi connectivity index (χ0v) is 19.4. The van der Waals surface area contributed by atoms with Gasteiger partial charge in [0.05, 0.1) is 11.5 Å². The number of aromatic nitrogens is 1. The zero-order valence-electron chi connectivity index (χ0n) is 19.4.